The quantitative estimate of drug-likeness (QED) is 0.564. The van der Waals surface area contributed by atoms with Gasteiger partial charge in [-0.05, 0) is 12.8 Å². The molecule has 0 aliphatic carbocycles. The molecule has 76 valence electrons. The molecule has 2 saturated heterocycles. The third kappa shape index (κ3) is 2.02. The first-order chi connectivity index (χ1) is 6.27. The van der Waals surface area contributed by atoms with E-state index < -0.39 is 12.2 Å². The second-order valence-electron chi connectivity index (χ2n) is 3.96. The molecule has 2 aliphatic rings. The molecule has 0 spiro atoms. The Kier molecular flexibility index (Phi) is 2.83. The number of hydrogen-bond acceptors (Lipinski definition) is 4. The Balaban J connectivity index is 1.87. The van der Waals surface area contributed by atoms with Gasteiger partial charge in [0.25, 0.3) is 0 Å². The van der Waals surface area contributed by atoms with Crippen molar-refractivity contribution >= 4 is 0 Å². The fraction of sp³-hybridized carbons (Fsp3) is 1.00. The topological polar surface area (TPSA) is 52.9 Å². The average molecular weight is 187 g/mol. The lowest BCUT2D eigenvalue weighted by molar-refractivity contribution is 0.0217. The molecule has 2 aliphatic heterocycles. The molecule has 0 amide bonds. The first-order valence-electron chi connectivity index (χ1n) is 4.95. The van der Waals surface area contributed by atoms with Crippen molar-refractivity contribution in [3.63, 3.8) is 0 Å². The Morgan fingerprint density at radius 2 is 1.85 bits per heavy atom. The second kappa shape index (κ2) is 3.92. The molecule has 13 heavy (non-hydrogen) atoms. The van der Waals surface area contributed by atoms with Crippen LogP contribution in [-0.2, 0) is 4.74 Å². The number of ether oxygens (including phenoxy) is 1. The summed E-state index contributed by atoms with van der Waals surface area (Å²) in [5, 5.41) is 18.7. The van der Waals surface area contributed by atoms with Gasteiger partial charge in [0, 0.05) is 25.7 Å². The van der Waals surface area contributed by atoms with E-state index in [0.717, 1.165) is 26.1 Å². The van der Waals surface area contributed by atoms with E-state index in [-0.39, 0.29) is 0 Å². The van der Waals surface area contributed by atoms with Crippen molar-refractivity contribution in [2.75, 3.05) is 26.3 Å². The van der Waals surface area contributed by atoms with E-state index in [1.165, 1.54) is 0 Å². The number of nitrogens with zero attached hydrogens (tertiary/aromatic N) is 1. The molecule has 0 aromatic heterocycles. The molecule has 0 saturated carbocycles. The molecule has 2 heterocycles. The number of aliphatic hydroxyl groups excluding tert-OH is 2. The summed E-state index contributed by atoms with van der Waals surface area (Å²) in [6, 6.07) is 0.403. The number of aliphatic hydroxyl groups is 2. The zero-order valence-corrected chi connectivity index (χ0v) is 7.72. The van der Waals surface area contributed by atoms with Crippen LogP contribution in [0.2, 0.25) is 0 Å². The smallest absolute Gasteiger partial charge is 0.0938 e. The van der Waals surface area contributed by atoms with Crippen LogP contribution in [-0.4, -0.2) is 59.7 Å². The Morgan fingerprint density at radius 3 is 2.38 bits per heavy atom. The van der Waals surface area contributed by atoms with Crippen molar-refractivity contribution in [3.8, 4) is 0 Å². The van der Waals surface area contributed by atoms with Gasteiger partial charge in [0.2, 0.25) is 0 Å². The highest BCUT2D eigenvalue weighted by atomic mass is 16.5. The minimum atomic E-state index is -0.568. The van der Waals surface area contributed by atoms with Gasteiger partial charge in [-0.15, -0.1) is 0 Å². The third-order valence-corrected chi connectivity index (χ3v) is 2.94. The van der Waals surface area contributed by atoms with Crippen molar-refractivity contribution in [1.82, 2.24) is 4.90 Å². The van der Waals surface area contributed by atoms with E-state index >= 15 is 0 Å². The zero-order valence-electron chi connectivity index (χ0n) is 7.72. The van der Waals surface area contributed by atoms with Gasteiger partial charge in [-0.25, -0.2) is 0 Å². The van der Waals surface area contributed by atoms with Crippen LogP contribution in [0.15, 0.2) is 0 Å². The molecule has 0 radical (unpaired) electrons. The van der Waals surface area contributed by atoms with Crippen LogP contribution in [0.3, 0.4) is 0 Å². The Morgan fingerprint density at radius 1 is 1.15 bits per heavy atom. The SMILES string of the molecule is OC1CN(C2CCCOC2)CC1O. The first kappa shape index (κ1) is 9.40. The maximum atomic E-state index is 9.37. The fourth-order valence-corrected chi connectivity index (χ4v) is 2.11. The van der Waals surface area contributed by atoms with Crippen molar-refractivity contribution in [2.45, 2.75) is 31.1 Å². The van der Waals surface area contributed by atoms with E-state index in [2.05, 4.69) is 4.90 Å². The maximum Gasteiger partial charge on any atom is 0.0938 e. The Labute approximate surface area is 78.1 Å². The summed E-state index contributed by atoms with van der Waals surface area (Å²) in [7, 11) is 0. The van der Waals surface area contributed by atoms with E-state index in [1.54, 1.807) is 0 Å². The van der Waals surface area contributed by atoms with Crippen molar-refractivity contribution in [1.29, 1.82) is 0 Å². The highest BCUT2D eigenvalue weighted by Gasteiger charge is 2.34. The third-order valence-electron chi connectivity index (χ3n) is 2.94. The lowest BCUT2D eigenvalue weighted by Crippen LogP contribution is -2.40. The van der Waals surface area contributed by atoms with Crippen LogP contribution in [0, 0.1) is 0 Å². The van der Waals surface area contributed by atoms with Gasteiger partial charge in [0.1, 0.15) is 0 Å². The second-order valence-corrected chi connectivity index (χ2v) is 3.96. The lowest BCUT2D eigenvalue weighted by Gasteiger charge is -2.30. The van der Waals surface area contributed by atoms with Crippen LogP contribution in [0.5, 0.6) is 0 Å². The predicted octanol–water partition coefficient (Wildman–Crippen LogP) is -0.797. The van der Waals surface area contributed by atoms with Crippen LogP contribution in [0.4, 0.5) is 0 Å². The van der Waals surface area contributed by atoms with Gasteiger partial charge >= 0.3 is 0 Å². The molecule has 3 atom stereocenters. The summed E-state index contributed by atoms with van der Waals surface area (Å²) in [5.74, 6) is 0. The molecular formula is C9H17NO3. The van der Waals surface area contributed by atoms with Crippen molar-refractivity contribution < 1.29 is 14.9 Å². The number of likely N-dealkylation sites (tertiary alicyclic amines) is 1. The van der Waals surface area contributed by atoms with Gasteiger partial charge in [0.05, 0.1) is 18.8 Å². The van der Waals surface area contributed by atoms with Crippen LogP contribution >= 0.6 is 0 Å². The Bertz CT molecular complexity index is 160. The van der Waals surface area contributed by atoms with E-state index in [0.29, 0.717) is 19.1 Å². The van der Waals surface area contributed by atoms with E-state index in [1.807, 2.05) is 0 Å². The number of hydrogen-bond donors (Lipinski definition) is 2. The van der Waals surface area contributed by atoms with E-state index in [9.17, 15) is 10.2 Å². The van der Waals surface area contributed by atoms with E-state index in [4.69, 9.17) is 4.74 Å². The molecule has 0 aromatic carbocycles. The van der Waals surface area contributed by atoms with Crippen molar-refractivity contribution in [3.05, 3.63) is 0 Å². The fourth-order valence-electron chi connectivity index (χ4n) is 2.11. The highest BCUT2D eigenvalue weighted by molar-refractivity contribution is 4.88. The summed E-state index contributed by atoms with van der Waals surface area (Å²) in [4.78, 5) is 2.13. The van der Waals surface area contributed by atoms with Gasteiger partial charge in [-0.2, -0.15) is 0 Å². The monoisotopic (exact) mass is 187 g/mol. The normalized spacial score (nSPS) is 42.5. The van der Waals surface area contributed by atoms with Gasteiger partial charge in [-0.3, -0.25) is 4.90 Å². The lowest BCUT2D eigenvalue weighted by atomic mass is 10.1. The largest absolute Gasteiger partial charge is 0.389 e. The molecule has 4 heteroatoms. The van der Waals surface area contributed by atoms with Gasteiger partial charge in [0.15, 0.2) is 0 Å². The number of rotatable bonds is 1. The molecule has 2 fully saturated rings. The Hall–Kier alpha value is -0.160. The summed E-state index contributed by atoms with van der Waals surface area (Å²) in [5.41, 5.74) is 0. The van der Waals surface area contributed by atoms with Crippen LogP contribution in [0.25, 0.3) is 0 Å². The first-order valence-corrected chi connectivity index (χ1v) is 4.95. The molecule has 2 N–H and O–H groups in total. The minimum absolute atomic E-state index is 0.403. The average Bonchev–Trinajstić information content (AvgIpc) is 2.49. The predicted molar refractivity (Wildman–Crippen MR) is 47.4 cm³/mol. The summed E-state index contributed by atoms with van der Waals surface area (Å²) in [6.07, 6.45) is 1.08. The summed E-state index contributed by atoms with van der Waals surface area (Å²) >= 11 is 0. The molecule has 0 aromatic rings. The molecule has 2 rings (SSSR count). The van der Waals surface area contributed by atoms with Crippen LogP contribution < -0.4 is 0 Å². The number of β-amino-alcohol motifs (C(OH)–C–C–N with tert-alkyl or cyclic N) is 2. The van der Waals surface area contributed by atoms with Gasteiger partial charge < -0.3 is 14.9 Å². The summed E-state index contributed by atoms with van der Waals surface area (Å²) < 4.78 is 5.36. The van der Waals surface area contributed by atoms with Crippen LogP contribution in [0.1, 0.15) is 12.8 Å². The standard InChI is InChI=1S/C9H17NO3/c11-8-4-10(5-9(8)12)7-2-1-3-13-6-7/h7-9,11-12H,1-6H2. The van der Waals surface area contributed by atoms with Gasteiger partial charge in [-0.1, -0.05) is 0 Å². The molecule has 4 nitrogen and oxygen atoms in total. The molecule has 3 unspecified atom stereocenters. The molecular weight excluding hydrogens is 170 g/mol. The van der Waals surface area contributed by atoms with Crippen molar-refractivity contribution in [2.24, 2.45) is 0 Å². The highest BCUT2D eigenvalue weighted by Crippen LogP contribution is 2.19. The minimum Gasteiger partial charge on any atom is -0.389 e. The molecule has 0 bridgehead atoms. The summed E-state index contributed by atoms with van der Waals surface area (Å²) in [6.45, 7) is 2.79. The maximum absolute atomic E-state index is 9.37. The zero-order chi connectivity index (χ0) is 9.26.